The second kappa shape index (κ2) is 8.92. The number of methoxy groups -OCH3 is 2. The number of amides is 2. The Morgan fingerprint density at radius 2 is 1.76 bits per heavy atom. The smallest absolute Gasteiger partial charge is 0.278 e. The molecule has 29 heavy (non-hydrogen) atoms. The number of ether oxygens (including phenoxy) is 2. The molecule has 0 radical (unpaired) electrons. The van der Waals surface area contributed by atoms with E-state index < -0.39 is 11.8 Å². The van der Waals surface area contributed by atoms with Crippen molar-refractivity contribution in [2.75, 3.05) is 24.9 Å². The van der Waals surface area contributed by atoms with Crippen LogP contribution in [-0.2, 0) is 6.54 Å². The highest BCUT2D eigenvalue weighted by Crippen LogP contribution is 2.26. The Morgan fingerprint density at radius 1 is 1.00 bits per heavy atom. The van der Waals surface area contributed by atoms with Crippen molar-refractivity contribution in [3.8, 4) is 11.5 Å². The van der Waals surface area contributed by atoms with Gasteiger partial charge in [-0.2, -0.15) is 5.10 Å². The molecule has 150 valence electrons. The van der Waals surface area contributed by atoms with Crippen molar-refractivity contribution >= 4 is 23.2 Å². The first-order valence-corrected chi connectivity index (χ1v) is 9.03. The summed E-state index contributed by atoms with van der Waals surface area (Å²) in [5, 5.41) is 9.82. The number of rotatable bonds is 7. The number of aromatic nitrogens is 2. The summed E-state index contributed by atoms with van der Waals surface area (Å²) in [6, 6.07) is 13.9. The zero-order valence-corrected chi connectivity index (χ0v) is 16.4. The number of hydrogen-bond donors (Lipinski definition) is 2. The molecule has 2 amide bonds. The normalized spacial score (nSPS) is 10.3. The minimum Gasteiger partial charge on any atom is -0.497 e. The average Bonchev–Trinajstić information content (AvgIpc) is 3.16. The highest BCUT2D eigenvalue weighted by Gasteiger charge is 2.21. The lowest BCUT2D eigenvalue weighted by molar-refractivity contribution is 0.102. The molecule has 0 saturated carbocycles. The summed E-state index contributed by atoms with van der Waals surface area (Å²) in [7, 11) is 3.00. The van der Waals surface area contributed by atoms with Crippen LogP contribution in [0, 0.1) is 0 Å². The standard InChI is InChI=1S/C21H22N4O4/c1-4-25-13-17(19(24-25)21(27)22-14-8-6-5-7-9-14)23-20(26)16-11-10-15(28-2)12-18(16)29-3/h5-13H,4H2,1-3H3,(H,22,27)(H,23,26). The fraction of sp³-hybridized carbons (Fsp3) is 0.190. The number of carbonyl (C=O) groups is 2. The molecule has 1 heterocycles. The van der Waals surface area contributed by atoms with Crippen LogP contribution in [0.3, 0.4) is 0 Å². The largest absolute Gasteiger partial charge is 0.497 e. The second-order valence-corrected chi connectivity index (χ2v) is 6.09. The van der Waals surface area contributed by atoms with E-state index in [-0.39, 0.29) is 5.69 Å². The lowest BCUT2D eigenvalue weighted by Crippen LogP contribution is -2.18. The molecule has 0 aliphatic heterocycles. The molecular formula is C21H22N4O4. The van der Waals surface area contributed by atoms with E-state index >= 15 is 0 Å². The van der Waals surface area contributed by atoms with E-state index in [4.69, 9.17) is 9.47 Å². The van der Waals surface area contributed by atoms with Crippen molar-refractivity contribution in [2.45, 2.75) is 13.5 Å². The summed E-state index contributed by atoms with van der Waals surface area (Å²) < 4.78 is 12.0. The van der Waals surface area contributed by atoms with Gasteiger partial charge in [-0.1, -0.05) is 18.2 Å². The number of nitrogens with zero attached hydrogens (tertiary/aromatic N) is 2. The number of anilines is 2. The first-order valence-electron chi connectivity index (χ1n) is 9.03. The number of hydrogen-bond acceptors (Lipinski definition) is 5. The summed E-state index contributed by atoms with van der Waals surface area (Å²) in [4.78, 5) is 25.5. The van der Waals surface area contributed by atoms with Crippen LogP contribution < -0.4 is 20.1 Å². The minimum absolute atomic E-state index is 0.122. The van der Waals surface area contributed by atoms with Crippen LogP contribution in [0.2, 0.25) is 0 Å². The molecule has 0 unspecified atom stereocenters. The van der Waals surface area contributed by atoms with Gasteiger partial charge >= 0.3 is 0 Å². The molecule has 0 atom stereocenters. The molecule has 2 aromatic carbocycles. The van der Waals surface area contributed by atoms with E-state index in [0.717, 1.165) is 0 Å². The summed E-state index contributed by atoms with van der Waals surface area (Å²) in [5.74, 6) is 0.0921. The number of para-hydroxylation sites is 1. The van der Waals surface area contributed by atoms with E-state index in [1.54, 1.807) is 41.2 Å². The van der Waals surface area contributed by atoms with E-state index in [1.165, 1.54) is 14.2 Å². The number of aryl methyl sites for hydroxylation is 1. The van der Waals surface area contributed by atoms with E-state index in [9.17, 15) is 9.59 Å². The van der Waals surface area contributed by atoms with Crippen molar-refractivity contribution in [3.63, 3.8) is 0 Å². The van der Waals surface area contributed by atoms with Gasteiger partial charge in [0.2, 0.25) is 0 Å². The molecule has 2 N–H and O–H groups in total. The third-order valence-corrected chi connectivity index (χ3v) is 4.23. The monoisotopic (exact) mass is 394 g/mol. The van der Waals surface area contributed by atoms with Crippen LogP contribution in [-0.4, -0.2) is 35.8 Å². The molecule has 8 heteroatoms. The number of benzene rings is 2. The minimum atomic E-state index is -0.422. The van der Waals surface area contributed by atoms with E-state index in [1.807, 2.05) is 25.1 Å². The Balaban J connectivity index is 1.86. The Bertz CT molecular complexity index is 1010. The second-order valence-electron chi connectivity index (χ2n) is 6.09. The third kappa shape index (κ3) is 4.55. The van der Waals surface area contributed by atoms with Crippen molar-refractivity contribution < 1.29 is 19.1 Å². The number of nitrogens with one attached hydrogen (secondary N) is 2. The summed E-state index contributed by atoms with van der Waals surface area (Å²) in [6.45, 7) is 2.44. The lowest BCUT2D eigenvalue weighted by atomic mass is 10.1. The maximum Gasteiger partial charge on any atom is 0.278 e. The van der Waals surface area contributed by atoms with Crippen LogP contribution in [0.4, 0.5) is 11.4 Å². The first kappa shape index (κ1) is 19.9. The highest BCUT2D eigenvalue weighted by molar-refractivity contribution is 6.12. The summed E-state index contributed by atoms with van der Waals surface area (Å²) >= 11 is 0. The quantitative estimate of drug-likeness (QED) is 0.640. The lowest BCUT2D eigenvalue weighted by Gasteiger charge is -2.11. The van der Waals surface area contributed by atoms with Crippen LogP contribution in [0.15, 0.2) is 54.7 Å². The molecule has 3 rings (SSSR count). The molecular weight excluding hydrogens is 372 g/mol. The molecule has 8 nitrogen and oxygen atoms in total. The number of carbonyl (C=O) groups excluding carboxylic acids is 2. The van der Waals surface area contributed by atoms with Gasteiger partial charge in [-0.3, -0.25) is 14.3 Å². The Hall–Kier alpha value is -3.81. The fourth-order valence-corrected chi connectivity index (χ4v) is 2.73. The molecule has 0 spiro atoms. The van der Waals surface area contributed by atoms with Gasteiger partial charge in [-0.05, 0) is 31.2 Å². The Labute approximate surface area is 168 Å². The van der Waals surface area contributed by atoms with Gasteiger partial charge in [0.05, 0.1) is 25.5 Å². The van der Waals surface area contributed by atoms with Crippen LogP contribution >= 0.6 is 0 Å². The van der Waals surface area contributed by atoms with Crippen LogP contribution in [0.5, 0.6) is 11.5 Å². The fourth-order valence-electron chi connectivity index (χ4n) is 2.73. The highest BCUT2D eigenvalue weighted by atomic mass is 16.5. The van der Waals surface area contributed by atoms with Gasteiger partial charge < -0.3 is 20.1 Å². The maximum absolute atomic E-state index is 12.8. The third-order valence-electron chi connectivity index (χ3n) is 4.23. The molecule has 1 aromatic heterocycles. The van der Waals surface area contributed by atoms with Gasteiger partial charge in [0.15, 0.2) is 5.69 Å². The van der Waals surface area contributed by atoms with Crippen molar-refractivity contribution in [1.82, 2.24) is 9.78 Å². The van der Waals surface area contributed by atoms with E-state index in [2.05, 4.69) is 15.7 Å². The summed E-state index contributed by atoms with van der Waals surface area (Å²) in [6.07, 6.45) is 1.62. The van der Waals surface area contributed by atoms with Gasteiger partial charge in [0.25, 0.3) is 11.8 Å². The Morgan fingerprint density at radius 3 is 2.41 bits per heavy atom. The Kier molecular flexibility index (Phi) is 6.13. The molecule has 3 aromatic rings. The zero-order chi connectivity index (χ0) is 20.8. The predicted octanol–water partition coefficient (Wildman–Crippen LogP) is 3.42. The zero-order valence-electron chi connectivity index (χ0n) is 16.4. The molecule has 0 saturated heterocycles. The van der Waals surface area contributed by atoms with Gasteiger partial charge in [0.1, 0.15) is 11.5 Å². The molecule has 0 fully saturated rings. The molecule has 0 bridgehead atoms. The molecule has 0 aliphatic rings. The van der Waals surface area contributed by atoms with E-state index in [0.29, 0.717) is 35.0 Å². The molecule has 0 aliphatic carbocycles. The predicted molar refractivity (Wildman–Crippen MR) is 110 cm³/mol. The van der Waals surface area contributed by atoms with Gasteiger partial charge in [0, 0.05) is 24.5 Å². The average molecular weight is 394 g/mol. The van der Waals surface area contributed by atoms with Gasteiger partial charge in [-0.25, -0.2) is 0 Å². The summed E-state index contributed by atoms with van der Waals surface area (Å²) in [5.41, 5.74) is 1.38. The van der Waals surface area contributed by atoms with Crippen LogP contribution in [0.25, 0.3) is 0 Å². The van der Waals surface area contributed by atoms with Crippen LogP contribution in [0.1, 0.15) is 27.8 Å². The maximum atomic E-state index is 12.8. The first-order chi connectivity index (χ1) is 14.0. The van der Waals surface area contributed by atoms with Crippen molar-refractivity contribution in [2.24, 2.45) is 0 Å². The van der Waals surface area contributed by atoms with Crippen molar-refractivity contribution in [1.29, 1.82) is 0 Å². The SMILES string of the molecule is CCn1cc(NC(=O)c2ccc(OC)cc2OC)c(C(=O)Nc2ccccc2)n1. The van der Waals surface area contributed by atoms with Gasteiger partial charge in [-0.15, -0.1) is 0 Å². The topological polar surface area (TPSA) is 94.5 Å². The van der Waals surface area contributed by atoms with Crippen molar-refractivity contribution in [3.05, 3.63) is 66.0 Å².